The lowest BCUT2D eigenvalue weighted by Gasteiger charge is -2.43. The second-order valence-corrected chi connectivity index (χ2v) is 14.8. The number of likely N-dealkylation sites (tertiary alicyclic amines) is 1. The maximum absolute atomic E-state index is 13.9. The predicted molar refractivity (Wildman–Crippen MR) is 155 cm³/mol. The highest BCUT2D eigenvalue weighted by atomic mass is 32.2. The number of aromatic nitrogens is 1. The molecular formula is C30H36N2O7S2. The zero-order valence-corrected chi connectivity index (χ0v) is 25.4. The Balaban J connectivity index is 1.39. The van der Waals surface area contributed by atoms with Gasteiger partial charge in [-0.25, -0.2) is 4.79 Å². The van der Waals surface area contributed by atoms with Crippen LogP contribution in [0.4, 0.5) is 0 Å². The van der Waals surface area contributed by atoms with Crippen LogP contribution in [-0.2, 0) is 14.4 Å². The molecule has 1 saturated heterocycles. The number of carboxylic acid groups (broad SMARTS) is 1. The maximum Gasteiger partial charge on any atom is 0.326 e. The topological polar surface area (TPSA) is 126 Å². The number of hydrogen-bond acceptors (Lipinski definition) is 8. The molecule has 8 atom stereocenters. The first kappa shape index (κ1) is 28.3. The van der Waals surface area contributed by atoms with E-state index in [-0.39, 0.29) is 57.9 Å². The molecule has 3 fully saturated rings. The number of thioether (sulfide) groups is 1. The monoisotopic (exact) mass is 600 g/mol. The quantitative estimate of drug-likeness (QED) is 0.405. The lowest BCUT2D eigenvalue weighted by Crippen LogP contribution is -2.47. The van der Waals surface area contributed by atoms with Gasteiger partial charge >= 0.3 is 10.8 Å². The highest BCUT2D eigenvalue weighted by molar-refractivity contribution is 8.00. The summed E-state index contributed by atoms with van der Waals surface area (Å²) >= 11 is 2.81. The number of amides is 2. The van der Waals surface area contributed by atoms with Crippen LogP contribution in [-0.4, -0.2) is 57.8 Å². The van der Waals surface area contributed by atoms with Crippen molar-refractivity contribution in [1.82, 2.24) is 9.88 Å². The molecule has 1 aromatic heterocycles. The molecule has 2 amide bonds. The molecule has 220 valence electrons. The number of thiazole rings is 1. The largest absolute Gasteiger partial charge is 0.493 e. The minimum atomic E-state index is -1.15. The molecule has 0 spiro atoms. The molecule has 2 aliphatic carbocycles. The van der Waals surface area contributed by atoms with E-state index in [1.165, 1.54) is 11.3 Å². The molecule has 1 aromatic carbocycles. The minimum absolute atomic E-state index is 0.0161. The molecular weight excluding hydrogens is 564 g/mol. The average Bonchev–Trinajstić information content (AvgIpc) is 3.64. The number of fused-ring (bicyclic) bond motifs is 9. The second kappa shape index (κ2) is 10.5. The zero-order chi connectivity index (χ0) is 29.3. The van der Waals surface area contributed by atoms with E-state index in [0.29, 0.717) is 24.0 Å². The van der Waals surface area contributed by atoms with E-state index in [1.807, 2.05) is 32.0 Å². The third kappa shape index (κ3) is 4.50. The first-order chi connectivity index (χ1) is 19.5. The van der Waals surface area contributed by atoms with E-state index in [2.05, 4.69) is 18.8 Å². The van der Waals surface area contributed by atoms with E-state index < -0.39 is 23.8 Å². The molecule has 2 bridgehead atoms. The molecule has 41 heavy (non-hydrogen) atoms. The van der Waals surface area contributed by atoms with E-state index in [1.54, 1.807) is 18.9 Å². The number of carbonyl (C=O) groups excluding carboxylic acids is 2. The molecule has 11 heteroatoms. The number of carboxylic acids is 1. The van der Waals surface area contributed by atoms with Gasteiger partial charge in [0.05, 0.1) is 30.6 Å². The van der Waals surface area contributed by atoms with Crippen molar-refractivity contribution in [1.29, 1.82) is 0 Å². The fourth-order valence-corrected chi connectivity index (χ4v) is 10.6. The fraction of sp³-hybridized carbons (Fsp3) is 0.600. The number of rotatable bonds is 9. The fourth-order valence-electron chi connectivity index (χ4n) is 7.74. The van der Waals surface area contributed by atoms with E-state index in [9.17, 15) is 24.3 Å². The van der Waals surface area contributed by atoms with Gasteiger partial charge in [-0.3, -0.25) is 19.3 Å². The van der Waals surface area contributed by atoms with Gasteiger partial charge in [-0.1, -0.05) is 45.1 Å². The third-order valence-electron chi connectivity index (χ3n) is 9.17. The summed E-state index contributed by atoms with van der Waals surface area (Å²) in [4.78, 5) is 57.4. The van der Waals surface area contributed by atoms with Crippen LogP contribution in [0.5, 0.6) is 11.5 Å². The van der Waals surface area contributed by atoms with Crippen LogP contribution in [0, 0.1) is 41.4 Å². The van der Waals surface area contributed by atoms with Crippen LogP contribution in [0.2, 0.25) is 0 Å². The summed E-state index contributed by atoms with van der Waals surface area (Å²) in [6.45, 7) is 8.51. The van der Waals surface area contributed by atoms with E-state index in [0.717, 1.165) is 26.8 Å². The number of imide groups is 1. The van der Waals surface area contributed by atoms with Crippen molar-refractivity contribution in [2.24, 2.45) is 41.4 Å². The van der Waals surface area contributed by atoms with Gasteiger partial charge in [-0.2, -0.15) is 0 Å². The summed E-state index contributed by atoms with van der Waals surface area (Å²) in [5, 5.41) is 10.8. The van der Waals surface area contributed by atoms with Gasteiger partial charge in [0, 0.05) is 16.0 Å². The average molecular weight is 601 g/mol. The number of hydrogen-bond donors (Lipinski definition) is 2. The lowest BCUT2D eigenvalue weighted by atomic mass is 9.68. The summed E-state index contributed by atoms with van der Waals surface area (Å²) in [6.07, 6.45) is 0.975. The van der Waals surface area contributed by atoms with Crippen molar-refractivity contribution in [3.8, 4) is 11.5 Å². The van der Waals surface area contributed by atoms with Crippen LogP contribution in [0.25, 0.3) is 0 Å². The Morgan fingerprint density at radius 3 is 2.41 bits per heavy atom. The molecule has 2 aliphatic heterocycles. The second-order valence-electron chi connectivity index (χ2n) is 12.6. The molecule has 0 radical (unpaired) electrons. The molecule has 7 unspecified atom stereocenters. The predicted octanol–water partition coefficient (Wildman–Crippen LogP) is 4.45. The number of nitrogens with zero attached hydrogens (tertiary/aromatic N) is 1. The van der Waals surface area contributed by atoms with Crippen LogP contribution in [0.3, 0.4) is 0 Å². The van der Waals surface area contributed by atoms with Gasteiger partial charge in [0.15, 0.2) is 11.5 Å². The van der Waals surface area contributed by atoms with E-state index >= 15 is 0 Å². The van der Waals surface area contributed by atoms with Gasteiger partial charge in [0.1, 0.15) is 6.04 Å². The minimum Gasteiger partial charge on any atom is -0.493 e. The van der Waals surface area contributed by atoms with Crippen LogP contribution < -0.4 is 14.3 Å². The van der Waals surface area contributed by atoms with E-state index in [4.69, 9.17) is 9.47 Å². The molecule has 4 aliphatic rings. The Bertz CT molecular complexity index is 1450. The lowest BCUT2D eigenvalue weighted by molar-refractivity contribution is -0.156. The maximum atomic E-state index is 13.9. The SMILES string of the molecule is COc1cc([C@H]2c3sc(=O)[nH]c3SC3C4CC(C5C(=O)N(C(CC(C)C)C(=O)O)C(=O)C45)C32)ccc1OCC(C)C. The summed E-state index contributed by atoms with van der Waals surface area (Å²) in [7, 11) is 1.61. The summed E-state index contributed by atoms with van der Waals surface area (Å²) in [6, 6.07) is 4.76. The molecule has 6 rings (SSSR count). The Morgan fingerprint density at radius 2 is 1.78 bits per heavy atom. The van der Waals surface area contributed by atoms with Crippen molar-refractivity contribution >= 4 is 40.9 Å². The number of methoxy groups -OCH3 is 1. The first-order valence-electron chi connectivity index (χ1n) is 14.3. The van der Waals surface area contributed by atoms with Crippen molar-refractivity contribution in [3.63, 3.8) is 0 Å². The van der Waals surface area contributed by atoms with Crippen LogP contribution >= 0.6 is 23.1 Å². The smallest absolute Gasteiger partial charge is 0.326 e. The Labute approximate surface area is 247 Å². The Morgan fingerprint density at radius 1 is 1.07 bits per heavy atom. The van der Waals surface area contributed by atoms with Gasteiger partial charge < -0.3 is 19.6 Å². The summed E-state index contributed by atoms with van der Waals surface area (Å²) in [5.41, 5.74) is 0.978. The van der Waals surface area contributed by atoms with Crippen LogP contribution in [0.15, 0.2) is 28.0 Å². The van der Waals surface area contributed by atoms with Crippen molar-refractivity contribution in [2.45, 2.75) is 62.8 Å². The number of aliphatic carboxylic acids is 1. The van der Waals surface area contributed by atoms with Gasteiger partial charge in [0.2, 0.25) is 11.8 Å². The standard InChI is InChI=1S/C30H36N2O7S2/c1-12(2)8-17(29(35)36)32-27(33)22-15-10-16(23(22)28(32)34)24-21(15)20(25-26(40-24)31-30(37)41-25)14-6-7-18(19(9-14)38-5)39-11-13(3)4/h6-7,9,12-13,15-17,20-24H,8,10-11H2,1-5H3,(H,31,37)(H,35,36)/t15?,16?,17?,20-,21?,22?,23?,24?/m1/s1. The van der Waals surface area contributed by atoms with Gasteiger partial charge in [0.25, 0.3) is 0 Å². The molecule has 9 nitrogen and oxygen atoms in total. The molecule has 2 saturated carbocycles. The number of benzene rings is 1. The van der Waals surface area contributed by atoms with Crippen LogP contribution in [0.1, 0.15) is 56.9 Å². The highest BCUT2D eigenvalue weighted by Crippen LogP contribution is 2.68. The molecule has 3 heterocycles. The summed E-state index contributed by atoms with van der Waals surface area (Å²) < 4.78 is 11.7. The number of H-pyrrole nitrogens is 1. The number of ether oxygens (including phenoxy) is 2. The Hall–Kier alpha value is -2.79. The number of aromatic amines is 1. The zero-order valence-electron chi connectivity index (χ0n) is 23.8. The Kier molecular flexibility index (Phi) is 7.25. The normalized spacial score (nSPS) is 30.5. The molecule has 2 aromatic rings. The van der Waals surface area contributed by atoms with Crippen molar-refractivity contribution < 1.29 is 29.0 Å². The number of carbonyl (C=O) groups is 3. The van der Waals surface area contributed by atoms with Gasteiger partial charge in [-0.15, -0.1) is 11.8 Å². The highest BCUT2D eigenvalue weighted by Gasteiger charge is 2.70. The van der Waals surface area contributed by atoms with Crippen molar-refractivity contribution in [3.05, 3.63) is 38.3 Å². The molecule has 2 N–H and O–H groups in total. The third-order valence-corrected chi connectivity index (χ3v) is 11.8. The van der Waals surface area contributed by atoms with Gasteiger partial charge in [-0.05, 0) is 60.1 Å². The first-order valence-corrected chi connectivity index (χ1v) is 16.0. The van der Waals surface area contributed by atoms with Crippen molar-refractivity contribution in [2.75, 3.05) is 13.7 Å². The number of nitrogens with one attached hydrogen (secondary N) is 1. The summed E-state index contributed by atoms with van der Waals surface area (Å²) in [5.74, 6) is -1.52.